The Morgan fingerprint density at radius 3 is 2.43 bits per heavy atom. The van der Waals surface area contributed by atoms with Crippen molar-refractivity contribution < 1.29 is 0 Å². The summed E-state index contributed by atoms with van der Waals surface area (Å²) >= 11 is 0. The summed E-state index contributed by atoms with van der Waals surface area (Å²) < 4.78 is 0. The zero-order chi connectivity index (χ0) is 10.8. The highest BCUT2D eigenvalue weighted by Gasteiger charge is 2.14. The monoisotopic (exact) mass is 195 g/mol. The molecule has 0 bridgehead atoms. The third-order valence-electron chi connectivity index (χ3n) is 2.65. The molecular weight excluding hydrogens is 170 g/mol. The van der Waals surface area contributed by atoms with Crippen LogP contribution in [0.5, 0.6) is 0 Å². The number of rotatable bonds is 7. The van der Waals surface area contributed by atoms with E-state index in [-0.39, 0.29) is 0 Å². The first-order valence-electron chi connectivity index (χ1n) is 5.89. The molecule has 0 aliphatic carbocycles. The smallest absolute Gasteiger partial charge is 0.0103 e. The summed E-state index contributed by atoms with van der Waals surface area (Å²) in [6.45, 7) is 9.76. The summed E-state index contributed by atoms with van der Waals surface area (Å²) in [5, 5.41) is 3.56. The number of hydrogen-bond donors (Lipinski definition) is 1. The van der Waals surface area contributed by atoms with Gasteiger partial charge in [-0.15, -0.1) is 11.8 Å². The van der Waals surface area contributed by atoms with Crippen LogP contribution in [0.25, 0.3) is 0 Å². The van der Waals surface area contributed by atoms with E-state index < -0.39 is 0 Å². The third kappa shape index (κ3) is 6.05. The SMILES string of the molecule is CC#CCCC(NCC)C(C)CCC. The van der Waals surface area contributed by atoms with Gasteiger partial charge in [0.05, 0.1) is 0 Å². The minimum absolute atomic E-state index is 0.654. The minimum atomic E-state index is 0.654. The maximum atomic E-state index is 3.56. The van der Waals surface area contributed by atoms with Crippen molar-refractivity contribution in [1.29, 1.82) is 0 Å². The molecule has 0 fully saturated rings. The van der Waals surface area contributed by atoms with E-state index in [0.29, 0.717) is 6.04 Å². The van der Waals surface area contributed by atoms with Crippen LogP contribution >= 0.6 is 0 Å². The molecule has 0 aliphatic rings. The van der Waals surface area contributed by atoms with E-state index in [4.69, 9.17) is 0 Å². The van der Waals surface area contributed by atoms with E-state index in [1.54, 1.807) is 0 Å². The lowest BCUT2D eigenvalue weighted by Gasteiger charge is -2.23. The molecule has 0 aromatic heterocycles. The van der Waals surface area contributed by atoms with Crippen LogP contribution in [0.3, 0.4) is 0 Å². The molecule has 0 aromatic carbocycles. The Hall–Kier alpha value is -0.480. The van der Waals surface area contributed by atoms with Gasteiger partial charge in [0.1, 0.15) is 0 Å². The van der Waals surface area contributed by atoms with E-state index in [2.05, 4.69) is 37.9 Å². The van der Waals surface area contributed by atoms with Crippen molar-refractivity contribution in [1.82, 2.24) is 5.32 Å². The van der Waals surface area contributed by atoms with Crippen molar-refractivity contribution >= 4 is 0 Å². The van der Waals surface area contributed by atoms with Crippen LogP contribution in [0.15, 0.2) is 0 Å². The van der Waals surface area contributed by atoms with Gasteiger partial charge in [-0.25, -0.2) is 0 Å². The Bertz CT molecular complexity index is 175. The lowest BCUT2D eigenvalue weighted by molar-refractivity contribution is 0.345. The molecule has 0 aromatic rings. The molecule has 2 atom stereocenters. The normalized spacial score (nSPS) is 14.3. The molecule has 0 rings (SSSR count). The largest absolute Gasteiger partial charge is 0.314 e. The van der Waals surface area contributed by atoms with E-state index in [9.17, 15) is 0 Å². The predicted octanol–water partition coefficient (Wildman–Crippen LogP) is 3.20. The van der Waals surface area contributed by atoms with Gasteiger partial charge in [0.15, 0.2) is 0 Å². The fourth-order valence-corrected chi connectivity index (χ4v) is 1.86. The van der Waals surface area contributed by atoms with Crippen LogP contribution in [-0.2, 0) is 0 Å². The molecule has 1 N–H and O–H groups in total. The van der Waals surface area contributed by atoms with Gasteiger partial charge < -0.3 is 5.32 Å². The van der Waals surface area contributed by atoms with Crippen LogP contribution in [0, 0.1) is 17.8 Å². The zero-order valence-corrected chi connectivity index (χ0v) is 10.2. The molecule has 0 spiro atoms. The molecule has 0 saturated carbocycles. The summed E-state index contributed by atoms with van der Waals surface area (Å²) in [6, 6.07) is 0.654. The van der Waals surface area contributed by atoms with E-state index in [0.717, 1.165) is 18.9 Å². The third-order valence-corrected chi connectivity index (χ3v) is 2.65. The molecule has 1 heteroatoms. The van der Waals surface area contributed by atoms with Crippen molar-refractivity contribution in [3.05, 3.63) is 0 Å². The van der Waals surface area contributed by atoms with Crippen molar-refractivity contribution in [2.45, 2.75) is 59.4 Å². The first kappa shape index (κ1) is 13.5. The van der Waals surface area contributed by atoms with Crippen molar-refractivity contribution in [2.24, 2.45) is 5.92 Å². The van der Waals surface area contributed by atoms with Crippen LogP contribution in [0.2, 0.25) is 0 Å². The molecule has 2 unspecified atom stereocenters. The van der Waals surface area contributed by atoms with Crippen molar-refractivity contribution in [2.75, 3.05) is 6.54 Å². The Labute approximate surface area is 89.7 Å². The average Bonchev–Trinajstić information content (AvgIpc) is 2.17. The molecule has 0 aliphatic heterocycles. The van der Waals surface area contributed by atoms with Crippen LogP contribution in [-0.4, -0.2) is 12.6 Å². The maximum Gasteiger partial charge on any atom is 0.0103 e. The summed E-state index contributed by atoms with van der Waals surface area (Å²) in [6.07, 6.45) is 4.82. The van der Waals surface area contributed by atoms with E-state index in [1.165, 1.54) is 19.3 Å². The second-order valence-corrected chi connectivity index (χ2v) is 3.90. The van der Waals surface area contributed by atoms with Gasteiger partial charge in [-0.3, -0.25) is 0 Å². The standard InChI is InChI=1S/C13H25N/c1-5-8-9-11-13(14-7-3)12(4)10-6-2/h12-14H,6-7,9-11H2,1-4H3. The highest BCUT2D eigenvalue weighted by Crippen LogP contribution is 2.14. The lowest BCUT2D eigenvalue weighted by Crippen LogP contribution is -2.34. The fourth-order valence-electron chi connectivity index (χ4n) is 1.86. The summed E-state index contributed by atoms with van der Waals surface area (Å²) in [5.41, 5.74) is 0. The molecule has 0 amide bonds. The van der Waals surface area contributed by atoms with Gasteiger partial charge in [0, 0.05) is 12.5 Å². The summed E-state index contributed by atoms with van der Waals surface area (Å²) in [7, 11) is 0. The maximum absolute atomic E-state index is 3.56. The summed E-state index contributed by atoms with van der Waals surface area (Å²) in [4.78, 5) is 0. The Kier molecular flexibility index (Phi) is 8.78. The molecular formula is C13H25N. The zero-order valence-electron chi connectivity index (χ0n) is 10.2. The van der Waals surface area contributed by atoms with Crippen LogP contribution in [0.4, 0.5) is 0 Å². The van der Waals surface area contributed by atoms with Crippen molar-refractivity contribution in [3.63, 3.8) is 0 Å². The van der Waals surface area contributed by atoms with E-state index in [1.807, 2.05) is 6.92 Å². The second-order valence-electron chi connectivity index (χ2n) is 3.90. The second kappa shape index (κ2) is 9.09. The fraction of sp³-hybridized carbons (Fsp3) is 0.846. The Morgan fingerprint density at radius 2 is 1.93 bits per heavy atom. The van der Waals surface area contributed by atoms with E-state index >= 15 is 0 Å². The highest BCUT2D eigenvalue weighted by atomic mass is 14.9. The molecule has 0 saturated heterocycles. The van der Waals surface area contributed by atoms with Gasteiger partial charge in [-0.2, -0.15) is 0 Å². The highest BCUT2D eigenvalue weighted by molar-refractivity contribution is 4.95. The average molecular weight is 195 g/mol. The molecule has 82 valence electrons. The van der Waals surface area contributed by atoms with Crippen LogP contribution < -0.4 is 5.32 Å². The Balaban J connectivity index is 3.90. The number of nitrogens with one attached hydrogen (secondary N) is 1. The first-order chi connectivity index (χ1) is 6.76. The topological polar surface area (TPSA) is 12.0 Å². The van der Waals surface area contributed by atoms with Gasteiger partial charge >= 0.3 is 0 Å². The van der Waals surface area contributed by atoms with Crippen molar-refractivity contribution in [3.8, 4) is 11.8 Å². The molecule has 0 heterocycles. The molecule has 0 radical (unpaired) electrons. The molecule has 14 heavy (non-hydrogen) atoms. The minimum Gasteiger partial charge on any atom is -0.314 e. The van der Waals surface area contributed by atoms with Gasteiger partial charge in [0.25, 0.3) is 0 Å². The predicted molar refractivity (Wildman–Crippen MR) is 64.2 cm³/mol. The van der Waals surface area contributed by atoms with Gasteiger partial charge in [0.2, 0.25) is 0 Å². The lowest BCUT2D eigenvalue weighted by atomic mass is 9.93. The molecule has 1 nitrogen and oxygen atoms in total. The van der Waals surface area contributed by atoms with Crippen LogP contribution in [0.1, 0.15) is 53.4 Å². The Morgan fingerprint density at radius 1 is 1.21 bits per heavy atom. The first-order valence-corrected chi connectivity index (χ1v) is 5.89. The van der Waals surface area contributed by atoms with Gasteiger partial charge in [-0.1, -0.05) is 27.2 Å². The quantitative estimate of drug-likeness (QED) is 0.615. The summed E-state index contributed by atoms with van der Waals surface area (Å²) in [5.74, 6) is 6.88. The number of hydrogen-bond acceptors (Lipinski definition) is 1. The van der Waals surface area contributed by atoms with Gasteiger partial charge in [-0.05, 0) is 32.2 Å².